The summed E-state index contributed by atoms with van der Waals surface area (Å²) in [5.41, 5.74) is 2.14. The zero-order chi connectivity index (χ0) is 21.1. The van der Waals surface area contributed by atoms with Crippen molar-refractivity contribution in [2.75, 3.05) is 18.0 Å². The molecule has 8 nitrogen and oxygen atoms in total. The normalized spacial score (nSPS) is 14.5. The van der Waals surface area contributed by atoms with Crippen LogP contribution in [-0.4, -0.2) is 39.9 Å². The van der Waals surface area contributed by atoms with Gasteiger partial charge in [0.2, 0.25) is 0 Å². The number of nitro groups is 1. The number of thiophene rings is 1. The predicted octanol–water partition coefficient (Wildman–Crippen LogP) is 3.82. The summed E-state index contributed by atoms with van der Waals surface area (Å²) in [4.78, 5) is 34.2. The van der Waals surface area contributed by atoms with E-state index in [4.69, 9.17) is 0 Å². The van der Waals surface area contributed by atoms with Gasteiger partial charge in [-0.25, -0.2) is 9.97 Å². The Morgan fingerprint density at radius 2 is 2.03 bits per heavy atom. The van der Waals surface area contributed by atoms with Crippen molar-refractivity contribution in [1.29, 1.82) is 0 Å². The number of aromatic nitrogens is 2. The Balaban J connectivity index is 1.46. The Labute approximate surface area is 177 Å². The van der Waals surface area contributed by atoms with Crippen LogP contribution in [-0.2, 0) is 0 Å². The fraction of sp³-hybridized carbons (Fsp3) is 0.286. The molecule has 1 N–H and O–H groups in total. The van der Waals surface area contributed by atoms with E-state index in [0.717, 1.165) is 37.4 Å². The van der Waals surface area contributed by atoms with E-state index in [9.17, 15) is 14.9 Å². The van der Waals surface area contributed by atoms with Gasteiger partial charge in [-0.05, 0) is 31.2 Å². The van der Waals surface area contributed by atoms with E-state index >= 15 is 0 Å². The first-order valence-corrected chi connectivity index (χ1v) is 10.6. The number of nitrogens with zero attached hydrogens (tertiary/aromatic N) is 4. The quantitative estimate of drug-likeness (QED) is 0.494. The zero-order valence-electron chi connectivity index (χ0n) is 16.4. The number of non-ortho nitro benzene ring substituents is 1. The van der Waals surface area contributed by atoms with Crippen molar-refractivity contribution in [3.05, 3.63) is 68.5 Å². The minimum atomic E-state index is -0.421. The molecule has 9 heteroatoms. The highest BCUT2D eigenvalue weighted by Gasteiger charge is 2.23. The van der Waals surface area contributed by atoms with Gasteiger partial charge in [-0.2, -0.15) is 11.3 Å². The number of rotatable bonds is 5. The molecule has 1 aliphatic heterocycles. The second-order valence-electron chi connectivity index (χ2n) is 7.25. The first-order valence-electron chi connectivity index (χ1n) is 9.68. The Morgan fingerprint density at radius 3 is 2.73 bits per heavy atom. The fourth-order valence-corrected chi connectivity index (χ4v) is 4.15. The van der Waals surface area contributed by atoms with Crippen LogP contribution < -0.4 is 10.2 Å². The third-order valence-corrected chi connectivity index (χ3v) is 5.78. The van der Waals surface area contributed by atoms with Crippen LogP contribution >= 0.6 is 11.3 Å². The largest absolute Gasteiger partial charge is 0.356 e. The van der Waals surface area contributed by atoms with E-state index < -0.39 is 4.92 Å². The Bertz CT molecular complexity index is 1060. The first kappa shape index (κ1) is 20.0. The zero-order valence-corrected chi connectivity index (χ0v) is 17.3. The molecule has 30 heavy (non-hydrogen) atoms. The summed E-state index contributed by atoms with van der Waals surface area (Å²) in [6.45, 7) is 3.42. The molecular formula is C21H21N5O3S. The lowest BCUT2D eigenvalue weighted by Gasteiger charge is -2.33. The van der Waals surface area contributed by atoms with E-state index in [1.54, 1.807) is 12.1 Å². The Morgan fingerprint density at radius 1 is 1.23 bits per heavy atom. The molecular weight excluding hydrogens is 402 g/mol. The molecule has 0 radical (unpaired) electrons. The van der Waals surface area contributed by atoms with Crippen molar-refractivity contribution in [1.82, 2.24) is 15.3 Å². The molecule has 0 unspecified atom stereocenters. The van der Waals surface area contributed by atoms with Gasteiger partial charge < -0.3 is 10.2 Å². The van der Waals surface area contributed by atoms with Gasteiger partial charge in [0.1, 0.15) is 5.82 Å². The van der Waals surface area contributed by atoms with Crippen molar-refractivity contribution in [2.24, 2.45) is 0 Å². The molecule has 1 aliphatic rings. The number of hydrogen-bond acceptors (Lipinski definition) is 7. The van der Waals surface area contributed by atoms with Crippen LogP contribution in [0.3, 0.4) is 0 Å². The van der Waals surface area contributed by atoms with Crippen LogP contribution in [0.4, 0.5) is 11.5 Å². The summed E-state index contributed by atoms with van der Waals surface area (Å²) < 4.78 is 0. The molecule has 154 valence electrons. The molecule has 2 aromatic heterocycles. The first-order chi connectivity index (χ1) is 14.5. The molecule has 1 amide bonds. The van der Waals surface area contributed by atoms with Gasteiger partial charge in [-0.15, -0.1) is 0 Å². The second kappa shape index (κ2) is 8.58. The minimum Gasteiger partial charge on any atom is -0.356 e. The Hall–Kier alpha value is -3.33. The minimum absolute atomic E-state index is 0.0151. The lowest BCUT2D eigenvalue weighted by atomic mass is 10.0. The van der Waals surface area contributed by atoms with Crippen molar-refractivity contribution in [3.8, 4) is 11.4 Å². The highest BCUT2D eigenvalue weighted by molar-refractivity contribution is 7.08. The van der Waals surface area contributed by atoms with Crippen LogP contribution in [0.25, 0.3) is 11.4 Å². The van der Waals surface area contributed by atoms with E-state index in [1.165, 1.54) is 23.5 Å². The summed E-state index contributed by atoms with van der Waals surface area (Å²) in [5, 5.41) is 17.9. The molecule has 1 aromatic carbocycles. The van der Waals surface area contributed by atoms with Gasteiger partial charge in [-0.3, -0.25) is 14.9 Å². The van der Waals surface area contributed by atoms with E-state index in [-0.39, 0.29) is 17.6 Å². The molecule has 0 spiro atoms. The Kier molecular flexibility index (Phi) is 5.71. The summed E-state index contributed by atoms with van der Waals surface area (Å²) in [6, 6.07) is 10.2. The molecule has 4 rings (SSSR count). The molecule has 3 aromatic rings. The van der Waals surface area contributed by atoms with Crippen LogP contribution in [0.5, 0.6) is 0 Å². The summed E-state index contributed by atoms with van der Waals surface area (Å²) in [5.74, 6) is 1.24. The van der Waals surface area contributed by atoms with Gasteiger partial charge in [-0.1, -0.05) is 12.1 Å². The molecule has 1 fully saturated rings. The average molecular weight is 423 g/mol. The second-order valence-corrected chi connectivity index (χ2v) is 8.03. The van der Waals surface area contributed by atoms with Crippen molar-refractivity contribution < 1.29 is 9.72 Å². The average Bonchev–Trinajstić information content (AvgIpc) is 3.29. The number of benzene rings is 1. The maximum absolute atomic E-state index is 12.3. The molecule has 0 aliphatic carbocycles. The van der Waals surface area contributed by atoms with Gasteiger partial charge in [0, 0.05) is 59.5 Å². The fourth-order valence-electron chi connectivity index (χ4n) is 3.52. The monoisotopic (exact) mass is 423 g/mol. The number of anilines is 1. The summed E-state index contributed by atoms with van der Waals surface area (Å²) in [6.07, 6.45) is 1.65. The third kappa shape index (κ3) is 4.46. The maximum Gasteiger partial charge on any atom is 0.270 e. The number of nitrogens with one attached hydrogen (secondary N) is 1. The van der Waals surface area contributed by atoms with Gasteiger partial charge >= 0.3 is 0 Å². The van der Waals surface area contributed by atoms with Crippen molar-refractivity contribution in [2.45, 2.75) is 25.8 Å². The number of aryl methyl sites for hydroxylation is 1. The van der Waals surface area contributed by atoms with Crippen LogP contribution in [0, 0.1) is 17.0 Å². The van der Waals surface area contributed by atoms with E-state index in [0.29, 0.717) is 17.0 Å². The number of carbonyl (C=O) groups is 1. The number of nitro benzene ring substituents is 1. The SMILES string of the molecule is Cc1cc(N2CCC(NC(=O)c3ccsc3)CC2)nc(-c2cccc([N+](=O)[O-])c2)n1. The molecule has 0 bridgehead atoms. The maximum atomic E-state index is 12.3. The highest BCUT2D eigenvalue weighted by Crippen LogP contribution is 2.25. The molecule has 0 saturated carbocycles. The van der Waals surface area contributed by atoms with Crippen molar-refractivity contribution >= 4 is 28.7 Å². The molecule has 0 atom stereocenters. The highest BCUT2D eigenvalue weighted by atomic mass is 32.1. The number of carbonyl (C=O) groups excluding carboxylic acids is 1. The molecule has 3 heterocycles. The van der Waals surface area contributed by atoms with Crippen molar-refractivity contribution in [3.63, 3.8) is 0 Å². The lowest BCUT2D eigenvalue weighted by molar-refractivity contribution is -0.384. The number of hydrogen-bond donors (Lipinski definition) is 1. The summed E-state index contributed by atoms with van der Waals surface area (Å²) in [7, 11) is 0. The smallest absolute Gasteiger partial charge is 0.270 e. The van der Waals surface area contributed by atoms with Gasteiger partial charge in [0.05, 0.1) is 4.92 Å². The molecule has 1 saturated heterocycles. The van der Waals surface area contributed by atoms with Crippen LogP contribution in [0.1, 0.15) is 28.9 Å². The standard InChI is InChI=1S/C21H21N5O3S/c1-14-11-19(24-20(22-14)15-3-2-4-18(12-15)26(28)29)25-8-5-17(6-9-25)23-21(27)16-7-10-30-13-16/h2-4,7,10-13,17H,5-6,8-9H2,1H3,(H,23,27). The summed E-state index contributed by atoms with van der Waals surface area (Å²) >= 11 is 1.51. The van der Waals surface area contributed by atoms with Crippen LogP contribution in [0.2, 0.25) is 0 Å². The number of piperidine rings is 1. The number of amides is 1. The lowest BCUT2D eigenvalue weighted by Crippen LogP contribution is -2.45. The topological polar surface area (TPSA) is 101 Å². The van der Waals surface area contributed by atoms with Gasteiger partial charge in [0.15, 0.2) is 5.82 Å². The van der Waals surface area contributed by atoms with Gasteiger partial charge in [0.25, 0.3) is 11.6 Å². The third-order valence-electron chi connectivity index (χ3n) is 5.09. The van der Waals surface area contributed by atoms with E-state index in [2.05, 4.69) is 20.2 Å². The predicted molar refractivity (Wildman–Crippen MR) is 116 cm³/mol. The van der Waals surface area contributed by atoms with E-state index in [1.807, 2.05) is 29.8 Å². The van der Waals surface area contributed by atoms with Crippen LogP contribution in [0.15, 0.2) is 47.2 Å².